The molecule has 0 N–H and O–H groups in total. The second-order valence-electron chi connectivity index (χ2n) is 4.24. The third kappa shape index (κ3) is 2.78. The van der Waals surface area contributed by atoms with Gasteiger partial charge in [-0.3, -0.25) is 0 Å². The van der Waals surface area contributed by atoms with E-state index in [1.165, 1.54) is 6.07 Å². The van der Waals surface area contributed by atoms with Crippen LogP contribution < -0.4 is 0 Å². The third-order valence-corrected chi connectivity index (χ3v) is 3.77. The summed E-state index contributed by atoms with van der Waals surface area (Å²) in [6.07, 6.45) is 0.425. The Hall–Kier alpha value is -1.22. The van der Waals surface area contributed by atoms with Crippen molar-refractivity contribution >= 4 is 15.9 Å². The van der Waals surface area contributed by atoms with Gasteiger partial charge in [0.25, 0.3) is 0 Å². The van der Waals surface area contributed by atoms with Crippen LogP contribution in [0.2, 0.25) is 0 Å². The zero-order valence-corrected chi connectivity index (χ0v) is 11.5. The van der Waals surface area contributed by atoms with Crippen LogP contribution in [-0.2, 0) is 6.42 Å². The number of rotatable bonds is 3. The fourth-order valence-electron chi connectivity index (χ4n) is 1.95. The number of alkyl halides is 1. The molecular formula is C15H13BrF2. The maximum atomic E-state index is 13.6. The highest BCUT2D eigenvalue weighted by atomic mass is 79.9. The van der Waals surface area contributed by atoms with Gasteiger partial charge in [-0.2, -0.15) is 0 Å². The molecule has 1 atom stereocenters. The van der Waals surface area contributed by atoms with E-state index >= 15 is 0 Å². The van der Waals surface area contributed by atoms with Crippen LogP contribution in [0, 0.1) is 18.6 Å². The molecule has 0 heterocycles. The van der Waals surface area contributed by atoms with E-state index in [2.05, 4.69) is 15.9 Å². The van der Waals surface area contributed by atoms with Gasteiger partial charge in [0, 0.05) is 4.83 Å². The first-order chi connectivity index (χ1) is 8.59. The molecule has 0 nitrogen and oxygen atoms in total. The Balaban J connectivity index is 2.24. The maximum Gasteiger partial charge on any atom is 0.162 e. The standard InChI is InChI=1S/C15H13BrF2/c1-10-5-2-3-7-12(10)13(16)9-11-6-4-8-14(17)15(11)18/h2-8,13H,9H2,1H3. The van der Waals surface area contributed by atoms with Gasteiger partial charge >= 0.3 is 0 Å². The summed E-state index contributed by atoms with van der Waals surface area (Å²) >= 11 is 3.54. The summed E-state index contributed by atoms with van der Waals surface area (Å²) in [5, 5.41) is 0. The molecule has 2 rings (SSSR count). The first-order valence-electron chi connectivity index (χ1n) is 5.72. The molecule has 0 saturated heterocycles. The molecule has 0 radical (unpaired) electrons. The van der Waals surface area contributed by atoms with E-state index in [1.54, 1.807) is 6.07 Å². The second-order valence-corrected chi connectivity index (χ2v) is 5.35. The minimum absolute atomic E-state index is 0.0185. The molecule has 0 aromatic heterocycles. The van der Waals surface area contributed by atoms with Crippen LogP contribution in [0.3, 0.4) is 0 Å². The van der Waals surface area contributed by atoms with Gasteiger partial charge in [-0.25, -0.2) is 8.78 Å². The van der Waals surface area contributed by atoms with Crippen molar-refractivity contribution in [2.75, 3.05) is 0 Å². The number of halogens is 3. The number of hydrogen-bond donors (Lipinski definition) is 0. The Morgan fingerprint density at radius 3 is 2.50 bits per heavy atom. The average Bonchev–Trinajstić information content (AvgIpc) is 2.35. The predicted octanol–water partition coefficient (Wildman–Crippen LogP) is 4.95. The SMILES string of the molecule is Cc1ccccc1C(Br)Cc1cccc(F)c1F. The molecule has 0 bridgehead atoms. The van der Waals surface area contributed by atoms with Crippen LogP contribution in [0.5, 0.6) is 0 Å². The largest absolute Gasteiger partial charge is 0.204 e. The molecule has 2 aromatic carbocycles. The molecule has 3 heteroatoms. The minimum Gasteiger partial charge on any atom is -0.204 e. The molecular weight excluding hydrogens is 298 g/mol. The number of benzene rings is 2. The first-order valence-corrected chi connectivity index (χ1v) is 6.63. The van der Waals surface area contributed by atoms with Crippen molar-refractivity contribution in [1.29, 1.82) is 0 Å². The first kappa shape index (κ1) is 13.2. The molecule has 0 amide bonds. The van der Waals surface area contributed by atoms with Crippen LogP contribution in [0.25, 0.3) is 0 Å². The summed E-state index contributed by atoms with van der Waals surface area (Å²) in [7, 11) is 0. The number of hydrogen-bond acceptors (Lipinski definition) is 0. The molecule has 2 aromatic rings. The Kier molecular flexibility index (Phi) is 4.12. The van der Waals surface area contributed by atoms with E-state index in [9.17, 15) is 8.78 Å². The van der Waals surface area contributed by atoms with Gasteiger partial charge in [-0.05, 0) is 36.1 Å². The summed E-state index contributed by atoms with van der Waals surface area (Å²) in [5.74, 6) is -1.55. The Morgan fingerprint density at radius 1 is 1.06 bits per heavy atom. The Bertz CT molecular complexity index is 552. The van der Waals surface area contributed by atoms with E-state index in [1.807, 2.05) is 31.2 Å². The molecule has 0 saturated carbocycles. The van der Waals surface area contributed by atoms with Crippen LogP contribution in [0.15, 0.2) is 42.5 Å². The van der Waals surface area contributed by atoms with Gasteiger partial charge < -0.3 is 0 Å². The van der Waals surface area contributed by atoms with Gasteiger partial charge in [0.2, 0.25) is 0 Å². The summed E-state index contributed by atoms with van der Waals surface area (Å²) in [5.41, 5.74) is 2.62. The lowest BCUT2D eigenvalue weighted by Gasteiger charge is -2.13. The predicted molar refractivity (Wildman–Crippen MR) is 72.9 cm³/mol. The van der Waals surface area contributed by atoms with Crippen molar-refractivity contribution in [2.45, 2.75) is 18.2 Å². The third-order valence-electron chi connectivity index (χ3n) is 2.96. The van der Waals surface area contributed by atoms with E-state index in [-0.39, 0.29) is 4.83 Å². The molecule has 0 aliphatic rings. The van der Waals surface area contributed by atoms with Gasteiger partial charge in [-0.1, -0.05) is 52.3 Å². The zero-order chi connectivity index (χ0) is 13.1. The zero-order valence-electron chi connectivity index (χ0n) is 9.96. The molecule has 0 aliphatic carbocycles. The molecule has 0 spiro atoms. The minimum atomic E-state index is -0.794. The number of aryl methyl sites for hydroxylation is 1. The molecule has 1 unspecified atom stereocenters. The molecule has 0 aliphatic heterocycles. The van der Waals surface area contributed by atoms with Crippen molar-refractivity contribution in [3.63, 3.8) is 0 Å². The fraction of sp³-hybridized carbons (Fsp3) is 0.200. The van der Waals surface area contributed by atoms with E-state index < -0.39 is 11.6 Å². The summed E-state index contributed by atoms with van der Waals surface area (Å²) in [6, 6.07) is 12.2. The van der Waals surface area contributed by atoms with E-state index in [4.69, 9.17) is 0 Å². The lowest BCUT2D eigenvalue weighted by molar-refractivity contribution is 0.498. The second kappa shape index (κ2) is 5.61. The van der Waals surface area contributed by atoms with Gasteiger partial charge in [-0.15, -0.1) is 0 Å². The van der Waals surface area contributed by atoms with Crippen molar-refractivity contribution < 1.29 is 8.78 Å². The monoisotopic (exact) mass is 310 g/mol. The highest BCUT2D eigenvalue weighted by Gasteiger charge is 2.14. The normalized spacial score (nSPS) is 12.4. The van der Waals surface area contributed by atoms with Gasteiger partial charge in [0.1, 0.15) is 0 Å². The summed E-state index contributed by atoms with van der Waals surface area (Å²) < 4.78 is 26.7. The van der Waals surface area contributed by atoms with Crippen molar-refractivity contribution in [3.8, 4) is 0 Å². The summed E-state index contributed by atoms with van der Waals surface area (Å²) in [4.78, 5) is -0.0185. The smallest absolute Gasteiger partial charge is 0.162 e. The molecule has 18 heavy (non-hydrogen) atoms. The van der Waals surface area contributed by atoms with E-state index in [0.717, 1.165) is 17.2 Å². The quantitative estimate of drug-likeness (QED) is 0.703. The highest BCUT2D eigenvalue weighted by Crippen LogP contribution is 2.30. The van der Waals surface area contributed by atoms with Gasteiger partial charge in [0.05, 0.1) is 0 Å². The van der Waals surface area contributed by atoms with Crippen molar-refractivity contribution in [3.05, 3.63) is 70.8 Å². The van der Waals surface area contributed by atoms with Crippen LogP contribution >= 0.6 is 15.9 Å². The van der Waals surface area contributed by atoms with Crippen molar-refractivity contribution in [2.24, 2.45) is 0 Å². The van der Waals surface area contributed by atoms with Crippen LogP contribution in [-0.4, -0.2) is 0 Å². The fourth-order valence-corrected chi connectivity index (χ4v) is 2.81. The summed E-state index contributed by atoms with van der Waals surface area (Å²) in [6.45, 7) is 2.01. The lowest BCUT2D eigenvalue weighted by Crippen LogP contribution is -2.01. The lowest BCUT2D eigenvalue weighted by atomic mass is 10.0. The van der Waals surface area contributed by atoms with Crippen molar-refractivity contribution in [1.82, 2.24) is 0 Å². The van der Waals surface area contributed by atoms with Crippen LogP contribution in [0.4, 0.5) is 8.78 Å². The molecule has 94 valence electrons. The van der Waals surface area contributed by atoms with Crippen LogP contribution in [0.1, 0.15) is 21.5 Å². The Labute approximate surface area is 114 Å². The van der Waals surface area contributed by atoms with E-state index in [0.29, 0.717) is 12.0 Å². The topological polar surface area (TPSA) is 0 Å². The maximum absolute atomic E-state index is 13.6. The van der Waals surface area contributed by atoms with Gasteiger partial charge in [0.15, 0.2) is 11.6 Å². The molecule has 0 fully saturated rings. The highest BCUT2D eigenvalue weighted by molar-refractivity contribution is 9.09. The average molecular weight is 311 g/mol. The Morgan fingerprint density at radius 2 is 1.78 bits per heavy atom.